The van der Waals surface area contributed by atoms with E-state index in [-0.39, 0.29) is 6.42 Å². The first kappa shape index (κ1) is 17.6. The van der Waals surface area contributed by atoms with Gasteiger partial charge in [-0.25, -0.2) is 22.4 Å². The standard InChI is InChI=1S/C13H13FO7S/c1-3-10(12(15)16)11(13(17)18)21-8-4-7(14)5-9(6-8)22(2,19)20/h4-6H,3H2,1-2H3,(H,15,16)(H,17,18)/b11-10+. The van der Waals surface area contributed by atoms with Gasteiger partial charge in [-0.2, -0.15) is 0 Å². The second-order valence-electron chi connectivity index (χ2n) is 4.27. The number of carbonyl (C=O) groups is 2. The van der Waals surface area contributed by atoms with Crippen molar-refractivity contribution in [3.05, 3.63) is 35.3 Å². The number of carboxylic acid groups (broad SMARTS) is 2. The Morgan fingerprint density at radius 2 is 1.77 bits per heavy atom. The molecule has 22 heavy (non-hydrogen) atoms. The predicted molar refractivity (Wildman–Crippen MR) is 72.7 cm³/mol. The van der Waals surface area contributed by atoms with Crippen molar-refractivity contribution >= 4 is 21.8 Å². The largest absolute Gasteiger partial charge is 0.478 e. The third-order valence-electron chi connectivity index (χ3n) is 2.57. The minimum absolute atomic E-state index is 0.148. The Morgan fingerprint density at radius 1 is 1.18 bits per heavy atom. The smallest absolute Gasteiger partial charge is 0.372 e. The maximum atomic E-state index is 13.4. The number of hydrogen-bond donors (Lipinski definition) is 2. The summed E-state index contributed by atoms with van der Waals surface area (Å²) in [5.41, 5.74) is -0.530. The van der Waals surface area contributed by atoms with Gasteiger partial charge in [-0.1, -0.05) is 6.92 Å². The summed E-state index contributed by atoms with van der Waals surface area (Å²) in [6.07, 6.45) is 0.694. The Balaban J connectivity index is 3.41. The highest BCUT2D eigenvalue weighted by molar-refractivity contribution is 7.90. The SMILES string of the molecule is CC/C(C(=O)O)=C(\Oc1cc(F)cc(S(C)(=O)=O)c1)C(=O)O. The van der Waals surface area contributed by atoms with Gasteiger partial charge in [-0.15, -0.1) is 0 Å². The van der Waals surface area contributed by atoms with Gasteiger partial charge in [0.1, 0.15) is 11.6 Å². The third kappa shape index (κ3) is 4.29. The molecule has 120 valence electrons. The van der Waals surface area contributed by atoms with Gasteiger partial charge in [-0.3, -0.25) is 0 Å². The number of ether oxygens (including phenoxy) is 1. The monoisotopic (exact) mass is 332 g/mol. The number of halogens is 1. The lowest BCUT2D eigenvalue weighted by molar-refractivity contribution is -0.138. The summed E-state index contributed by atoms with van der Waals surface area (Å²) in [6.45, 7) is 1.41. The van der Waals surface area contributed by atoms with E-state index in [1.165, 1.54) is 6.92 Å². The molecular weight excluding hydrogens is 319 g/mol. The van der Waals surface area contributed by atoms with Crippen molar-refractivity contribution in [1.82, 2.24) is 0 Å². The summed E-state index contributed by atoms with van der Waals surface area (Å²) in [7, 11) is -3.75. The minimum atomic E-state index is -3.75. The van der Waals surface area contributed by atoms with E-state index in [0.29, 0.717) is 0 Å². The van der Waals surface area contributed by atoms with Gasteiger partial charge in [-0.05, 0) is 18.6 Å². The average Bonchev–Trinajstić information content (AvgIpc) is 2.36. The molecule has 0 spiro atoms. The highest BCUT2D eigenvalue weighted by atomic mass is 32.2. The van der Waals surface area contributed by atoms with Crippen molar-refractivity contribution in [2.45, 2.75) is 18.2 Å². The maximum absolute atomic E-state index is 13.4. The first-order valence-electron chi connectivity index (χ1n) is 5.94. The van der Waals surface area contributed by atoms with Crippen LogP contribution in [0.25, 0.3) is 0 Å². The normalized spacial score (nSPS) is 12.5. The second-order valence-corrected chi connectivity index (χ2v) is 6.28. The Bertz CT molecular complexity index is 750. The molecule has 0 aliphatic rings. The van der Waals surface area contributed by atoms with E-state index in [1.54, 1.807) is 0 Å². The molecule has 0 amide bonds. The number of sulfone groups is 1. The van der Waals surface area contributed by atoms with Crippen molar-refractivity contribution in [2.75, 3.05) is 6.26 Å². The van der Waals surface area contributed by atoms with Gasteiger partial charge in [0.25, 0.3) is 0 Å². The molecule has 0 atom stereocenters. The molecule has 0 aliphatic heterocycles. The van der Waals surface area contributed by atoms with Crippen LogP contribution < -0.4 is 4.74 Å². The van der Waals surface area contributed by atoms with Gasteiger partial charge in [0.05, 0.1) is 10.5 Å². The Morgan fingerprint density at radius 3 is 2.18 bits per heavy atom. The molecule has 0 saturated carbocycles. The summed E-state index contributed by atoms with van der Waals surface area (Å²) >= 11 is 0. The number of hydrogen-bond acceptors (Lipinski definition) is 5. The lowest BCUT2D eigenvalue weighted by Crippen LogP contribution is -2.16. The van der Waals surface area contributed by atoms with E-state index in [0.717, 1.165) is 24.5 Å². The minimum Gasteiger partial charge on any atom is -0.478 e. The van der Waals surface area contributed by atoms with Crippen LogP contribution in [0.15, 0.2) is 34.4 Å². The number of aliphatic carboxylic acids is 2. The van der Waals surface area contributed by atoms with Crippen molar-refractivity contribution in [1.29, 1.82) is 0 Å². The molecule has 0 heterocycles. The maximum Gasteiger partial charge on any atom is 0.372 e. The molecule has 0 radical (unpaired) electrons. The van der Waals surface area contributed by atoms with Crippen molar-refractivity contribution < 1.29 is 37.3 Å². The van der Waals surface area contributed by atoms with Crippen LogP contribution >= 0.6 is 0 Å². The van der Waals surface area contributed by atoms with Crippen LogP contribution in [-0.4, -0.2) is 36.8 Å². The van der Waals surface area contributed by atoms with Crippen LogP contribution in [0, 0.1) is 5.82 Å². The molecule has 9 heteroatoms. The highest BCUT2D eigenvalue weighted by Crippen LogP contribution is 2.23. The molecule has 2 N–H and O–H groups in total. The molecule has 0 aliphatic carbocycles. The van der Waals surface area contributed by atoms with Crippen LogP contribution in [0.2, 0.25) is 0 Å². The number of benzene rings is 1. The van der Waals surface area contributed by atoms with Crippen molar-refractivity contribution in [2.24, 2.45) is 0 Å². The zero-order valence-electron chi connectivity index (χ0n) is 11.7. The highest BCUT2D eigenvalue weighted by Gasteiger charge is 2.22. The van der Waals surface area contributed by atoms with Crippen LogP contribution in [-0.2, 0) is 19.4 Å². The van der Waals surface area contributed by atoms with E-state index in [4.69, 9.17) is 14.9 Å². The van der Waals surface area contributed by atoms with E-state index in [9.17, 15) is 22.4 Å². The zero-order valence-corrected chi connectivity index (χ0v) is 12.5. The summed E-state index contributed by atoms with van der Waals surface area (Å²) in [4.78, 5) is 21.7. The van der Waals surface area contributed by atoms with E-state index >= 15 is 0 Å². The van der Waals surface area contributed by atoms with Crippen LogP contribution in [0.5, 0.6) is 5.75 Å². The molecule has 0 saturated heterocycles. The lowest BCUT2D eigenvalue weighted by atomic mass is 10.1. The second kappa shape index (κ2) is 6.56. The Kier molecular flexibility index (Phi) is 5.26. The summed E-state index contributed by atoms with van der Waals surface area (Å²) in [6, 6.07) is 2.41. The fraction of sp³-hybridized carbons (Fsp3) is 0.231. The fourth-order valence-electron chi connectivity index (χ4n) is 1.57. The molecule has 0 unspecified atom stereocenters. The van der Waals surface area contributed by atoms with E-state index < -0.39 is 49.6 Å². The van der Waals surface area contributed by atoms with Gasteiger partial charge in [0.2, 0.25) is 5.76 Å². The molecule has 7 nitrogen and oxygen atoms in total. The van der Waals surface area contributed by atoms with Gasteiger partial charge >= 0.3 is 11.9 Å². The summed E-state index contributed by atoms with van der Waals surface area (Å²) in [5.74, 6) is -5.45. The lowest BCUT2D eigenvalue weighted by Gasteiger charge is -2.10. The Hall–Kier alpha value is -2.42. The van der Waals surface area contributed by atoms with Gasteiger partial charge in [0, 0.05) is 12.3 Å². The summed E-state index contributed by atoms with van der Waals surface area (Å²) < 4.78 is 41.1. The first-order chi connectivity index (χ1) is 10.1. The van der Waals surface area contributed by atoms with Crippen LogP contribution in [0.4, 0.5) is 4.39 Å². The van der Waals surface area contributed by atoms with Gasteiger partial charge < -0.3 is 14.9 Å². The first-order valence-corrected chi connectivity index (χ1v) is 7.83. The van der Waals surface area contributed by atoms with E-state index in [1.807, 2.05) is 0 Å². The molecular formula is C13H13FO7S. The quantitative estimate of drug-likeness (QED) is 0.597. The van der Waals surface area contributed by atoms with Crippen molar-refractivity contribution in [3.63, 3.8) is 0 Å². The molecule has 1 aromatic rings. The van der Waals surface area contributed by atoms with Gasteiger partial charge in [0.15, 0.2) is 9.84 Å². The topological polar surface area (TPSA) is 118 Å². The van der Waals surface area contributed by atoms with Crippen LogP contribution in [0.1, 0.15) is 13.3 Å². The fourth-order valence-corrected chi connectivity index (χ4v) is 2.23. The molecule has 0 fully saturated rings. The molecule has 1 rings (SSSR count). The Labute approximate surface area is 125 Å². The molecule has 0 aromatic heterocycles. The third-order valence-corrected chi connectivity index (χ3v) is 3.66. The molecule has 1 aromatic carbocycles. The number of carboxylic acids is 2. The molecule has 0 bridgehead atoms. The van der Waals surface area contributed by atoms with Crippen molar-refractivity contribution in [3.8, 4) is 5.75 Å². The zero-order chi connectivity index (χ0) is 17.1. The van der Waals surface area contributed by atoms with Crippen LogP contribution in [0.3, 0.4) is 0 Å². The predicted octanol–water partition coefficient (Wildman–Crippen LogP) is 1.44. The number of rotatable bonds is 6. The van der Waals surface area contributed by atoms with E-state index in [2.05, 4.69) is 0 Å². The summed E-state index contributed by atoms with van der Waals surface area (Å²) in [5, 5.41) is 18.0. The average molecular weight is 332 g/mol.